The number of halogens is 3. The number of carbonyl (C=O) groups excluding carboxylic acids is 1. The number of fused-ring (bicyclic) bond motifs is 1. The number of nitriles is 2. The minimum absolute atomic E-state index is 0.135. The molecule has 146 valence electrons. The second kappa shape index (κ2) is 7.66. The van der Waals surface area contributed by atoms with E-state index < -0.39 is 29.3 Å². The van der Waals surface area contributed by atoms with Crippen LogP contribution in [0.15, 0.2) is 48.7 Å². The molecule has 0 bridgehead atoms. The van der Waals surface area contributed by atoms with Crippen LogP contribution in [0, 0.1) is 22.7 Å². The number of aliphatic hydroxyl groups excluding tert-OH is 1. The third-order valence-electron chi connectivity index (χ3n) is 4.29. The van der Waals surface area contributed by atoms with Crippen LogP contribution in [0.25, 0.3) is 10.9 Å². The van der Waals surface area contributed by atoms with Gasteiger partial charge in [0.05, 0.1) is 35.4 Å². The van der Waals surface area contributed by atoms with Gasteiger partial charge in [0.25, 0.3) is 5.91 Å². The molecule has 1 aromatic heterocycles. The van der Waals surface area contributed by atoms with Crippen molar-refractivity contribution in [1.82, 2.24) is 4.57 Å². The minimum atomic E-state index is -4.75. The quantitative estimate of drug-likeness (QED) is 0.703. The van der Waals surface area contributed by atoms with E-state index in [9.17, 15) is 23.1 Å². The smallest absolute Gasteiger partial charge is 0.381 e. The van der Waals surface area contributed by atoms with Gasteiger partial charge in [0, 0.05) is 22.8 Å². The van der Waals surface area contributed by atoms with E-state index in [-0.39, 0.29) is 12.2 Å². The van der Waals surface area contributed by atoms with Crippen molar-refractivity contribution >= 4 is 22.5 Å². The maximum absolute atomic E-state index is 13.0. The summed E-state index contributed by atoms with van der Waals surface area (Å²) in [6, 6.07) is 12.9. The summed E-state index contributed by atoms with van der Waals surface area (Å²) in [5, 5.41) is 30.9. The molecule has 0 radical (unpaired) electrons. The van der Waals surface area contributed by atoms with Gasteiger partial charge < -0.3 is 15.0 Å². The fourth-order valence-corrected chi connectivity index (χ4v) is 2.88. The van der Waals surface area contributed by atoms with Crippen LogP contribution >= 0.6 is 0 Å². The molecular weight excluding hydrogens is 385 g/mol. The number of benzene rings is 2. The molecule has 3 rings (SSSR count). The minimum Gasteiger partial charge on any atom is -0.381 e. The van der Waals surface area contributed by atoms with Crippen LogP contribution in [0.4, 0.5) is 18.9 Å². The van der Waals surface area contributed by atoms with E-state index in [2.05, 4.69) is 5.32 Å². The Morgan fingerprint density at radius 1 is 1.14 bits per heavy atom. The van der Waals surface area contributed by atoms with Crippen LogP contribution in [0.2, 0.25) is 0 Å². The molecular formula is C20H13F3N4O2. The van der Waals surface area contributed by atoms with Crippen molar-refractivity contribution in [3.8, 4) is 12.1 Å². The summed E-state index contributed by atoms with van der Waals surface area (Å²) in [6.07, 6.45) is -4.66. The van der Waals surface area contributed by atoms with E-state index in [1.54, 1.807) is 35.0 Å². The monoisotopic (exact) mass is 398 g/mol. The Morgan fingerprint density at radius 3 is 2.55 bits per heavy atom. The first-order valence-corrected chi connectivity index (χ1v) is 8.32. The molecule has 1 amide bonds. The number of nitrogens with one attached hydrogen (secondary N) is 1. The summed E-state index contributed by atoms with van der Waals surface area (Å²) < 4.78 is 40.7. The lowest BCUT2D eigenvalue weighted by Crippen LogP contribution is -2.31. The Balaban J connectivity index is 1.77. The van der Waals surface area contributed by atoms with E-state index in [1.807, 2.05) is 6.07 Å². The predicted molar refractivity (Wildman–Crippen MR) is 97.4 cm³/mol. The first kappa shape index (κ1) is 19.9. The van der Waals surface area contributed by atoms with Crippen molar-refractivity contribution in [2.75, 3.05) is 5.32 Å². The van der Waals surface area contributed by atoms with Gasteiger partial charge in [-0.25, -0.2) is 0 Å². The standard InChI is InChI=1S/C20H13F3N4O2/c21-20(22,23)16-8-15(3-2-14(16)10-25)26-19(29)18(28)11-27-6-5-13-7-12(9-24)1-4-17(13)27/h1-8,18,28H,11H2,(H,26,29)/t18-/m0/s1. The molecule has 0 saturated heterocycles. The number of rotatable bonds is 4. The Hall–Kier alpha value is -3.82. The van der Waals surface area contributed by atoms with Gasteiger partial charge >= 0.3 is 6.18 Å². The number of nitrogens with zero attached hydrogens (tertiary/aromatic N) is 3. The topological polar surface area (TPSA) is 102 Å². The lowest BCUT2D eigenvalue weighted by molar-refractivity contribution is -0.137. The van der Waals surface area contributed by atoms with Gasteiger partial charge in [-0.2, -0.15) is 23.7 Å². The molecule has 29 heavy (non-hydrogen) atoms. The lowest BCUT2D eigenvalue weighted by Gasteiger charge is -2.15. The summed E-state index contributed by atoms with van der Waals surface area (Å²) in [6.45, 7) is -0.135. The van der Waals surface area contributed by atoms with Crippen LogP contribution in [-0.2, 0) is 17.5 Å². The van der Waals surface area contributed by atoms with Crippen LogP contribution < -0.4 is 5.32 Å². The molecule has 2 N–H and O–H groups in total. The molecule has 2 aromatic carbocycles. The maximum Gasteiger partial charge on any atom is 0.417 e. The second-order valence-electron chi connectivity index (χ2n) is 6.23. The number of aliphatic hydroxyl groups is 1. The average Bonchev–Trinajstić information content (AvgIpc) is 3.09. The van der Waals surface area contributed by atoms with E-state index in [1.165, 1.54) is 6.07 Å². The molecule has 6 nitrogen and oxygen atoms in total. The van der Waals surface area contributed by atoms with Crippen molar-refractivity contribution < 1.29 is 23.1 Å². The molecule has 1 atom stereocenters. The first-order valence-electron chi connectivity index (χ1n) is 8.32. The predicted octanol–water partition coefficient (Wildman–Crippen LogP) is 3.40. The molecule has 9 heteroatoms. The Kier molecular flexibility index (Phi) is 5.26. The molecule has 0 unspecified atom stereocenters. The van der Waals surface area contributed by atoms with Gasteiger partial charge in [-0.3, -0.25) is 4.79 Å². The number of anilines is 1. The van der Waals surface area contributed by atoms with E-state index in [4.69, 9.17) is 10.5 Å². The van der Waals surface area contributed by atoms with Crippen molar-refractivity contribution in [2.45, 2.75) is 18.8 Å². The summed E-state index contributed by atoms with van der Waals surface area (Å²) >= 11 is 0. The van der Waals surface area contributed by atoms with Crippen molar-refractivity contribution in [3.05, 3.63) is 65.4 Å². The van der Waals surface area contributed by atoms with Crippen LogP contribution in [0.3, 0.4) is 0 Å². The fourth-order valence-electron chi connectivity index (χ4n) is 2.88. The van der Waals surface area contributed by atoms with E-state index in [0.717, 1.165) is 17.5 Å². The Morgan fingerprint density at radius 2 is 1.90 bits per heavy atom. The molecule has 1 heterocycles. The zero-order valence-corrected chi connectivity index (χ0v) is 14.7. The molecule has 3 aromatic rings. The zero-order chi connectivity index (χ0) is 21.2. The highest BCUT2D eigenvalue weighted by Gasteiger charge is 2.34. The van der Waals surface area contributed by atoms with Crippen molar-refractivity contribution in [3.63, 3.8) is 0 Å². The largest absolute Gasteiger partial charge is 0.417 e. The maximum atomic E-state index is 13.0. The summed E-state index contributed by atoms with van der Waals surface area (Å²) in [5.74, 6) is -0.890. The van der Waals surface area contributed by atoms with Gasteiger partial charge in [-0.15, -0.1) is 0 Å². The number of alkyl halides is 3. The zero-order valence-electron chi connectivity index (χ0n) is 14.7. The average molecular weight is 398 g/mol. The number of amides is 1. The van der Waals surface area contributed by atoms with Crippen LogP contribution in [-0.4, -0.2) is 21.7 Å². The molecule has 0 aliphatic heterocycles. The Bertz CT molecular complexity index is 1170. The van der Waals surface area contributed by atoms with E-state index >= 15 is 0 Å². The summed E-state index contributed by atoms with van der Waals surface area (Å²) in [5.41, 5.74) is -0.761. The summed E-state index contributed by atoms with van der Waals surface area (Å²) in [7, 11) is 0. The second-order valence-corrected chi connectivity index (χ2v) is 6.23. The van der Waals surface area contributed by atoms with Crippen molar-refractivity contribution in [2.24, 2.45) is 0 Å². The number of carbonyl (C=O) groups is 1. The first-order chi connectivity index (χ1) is 13.7. The van der Waals surface area contributed by atoms with Crippen LogP contribution in [0.5, 0.6) is 0 Å². The normalized spacial score (nSPS) is 12.2. The third kappa shape index (κ3) is 4.21. The lowest BCUT2D eigenvalue weighted by atomic mass is 10.1. The van der Waals surface area contributed by atoms with Gasteiger partial charge in [0.1, 0.15) is 0 Å². The highest BCUT2D eigenvalue weighted by Crippen LogP contribution is 2.33. The molecule has 0 aliphatic carbocycles. The summed E-state index contributed by atoms with van der Waals surface area (Å²) in [4.78, 5) is 12.2. The Labute approximate surface area is 163 Å². The number of aromatic nitrogens is 1. The third-order valence-corrected chi connectivity index (χ3v) is 4.29. The molecule has 0 fully saturated rings. The molecule has 0 aliphatic rings. The highest BCUT2D eigenvalue weighted by molar-refractivity contribution is 5.94. The number of hydrogen-bond donors (Lipinski definition) is 2. The number of hydrogen-bond acceptors (Lipinski definition) is 4. The molecule has 0 saturated carbocycles. The van der Waals surface area contributed by atoms with Gasteiger partial charge in [-0.1, -0.05) is 0 Å². The van der Waals surface area contributed by atoms with Gasteiger partial charge in [-0.05, 0) is 42.5 Å². The van der Waals surface area contributed by atoms with Crippen LogP contribution in [0.1, 0.15) is 16.7 Å². The van der Waals surface area contributed by atoms with Crippen molar-refractivity contribution in [1.29, 1.82) is 10.5 Å². The van der Waals surface area contributed by atoms with Gasteiger partial charge in [0.2, 0.25) is 0 Å². The highest BCUT2D eigenvalue weighted by atomic mass is 19.4. The fraction of sp³-hybridized carbons (Fsp3) is 0.150. The van der Waals surface area contributed by atoms with Gasteiger partial charge in [0.15, 0.2) is 6.10 Å². The SMILES string of the molecule is N#Cc1ccc2c(ccn2C[C@H](O)C(=O)Nc2ccc(C#N)c(C(F)(F)F)c2)c1. The van der Waals surface area contributed by atoms with E-state index in [0.29, 0.717) is 17.1 Å². The molecule has 0 spiro atoms.